The van der Waals surface area contributed by atoms with E-state index < -0.39 is 0 Å². The topological polar surface area (TPSA) is 37.7 Å². The normalized spacial score (nSPS) is 24.6. The Kier molecular flexibility index (Phi) is 7.36. The average molecular weight is 376 g/mol. The van der Waals surface area contributed by atoms with Crippen LogP contribution in [0.25, 0.3) is 0 Å². The van der Waals surface area contributed by atoms with Gasteiger partial charge in [-0.2, -0.15) is 0 Å². The summed E-state index contributed by atoms with van der Waals surface area (Å²) in [6.45, 7) is 8.91. The Morgan fingerprint density at radius 1 is 1.15 bits per heavy atom. The van der Waals surface area contributed by atoms with Crippen LogP contribution >= 0.6 is 0 Å². The third-order valence-electron chi connectivity index (χ3n) is 6.39. The molecule has 0 unspecified atom stereocenters. The van der Waals surface area contributed by atoms with Gasteiger partial charge in [0.15, 0.2) is 0 Å². The fourth-order valence-corrected chi connectivity index (χ4v) is 5.04. The lowest BCUT2D eigenvalue weighted by Gasteiger charge is -2.46. The van der Waals surface area contributed by atoms with E-state index in [0.717, 1.165) is 6.54 Å². The molecule has 3 atom stereocenters. The number of piperidine rings is 2. The Hall–Kier alpha value is -1.33. The number of carbonyl (C=O) groups excluding carboxylic acids is 1. The Balaban J connectivity index is 1.75. The second kappa shape index (κ2) is 9.74. The fraction of sp³-hybridized carbons (Fsp3) is 0.773. The average Bonchev–Trinajstić information content (AvgIpc) is 3.19. The third-order valence-corrected chi connectivity index (χ3v) is 6.39. The summed E-state index contributed by atoms with van der Waals surface area (Å²) in [6.07, 6.45) is 10.5. The summed E-state index contributed by atoms with van der Waals surface area (Å²) in [7, 11) is 1.72. The van der Waals surface area contributed by atoms with Crippen molar-refractivity contribution in [2.75, 3.05) is 39.9 Å². The van der Waals surface area contributed by atoms with Crippen molar-refractivity contribution in [1.29, 1.82) is 0 Å². The van der Waals surface area contributed by atoms with E-state index >= 15 is 0 Å². The molecule has 0 aliphatic carbocycles. The quantitative estimate of drug-likeness (QED) is 0.699. The summed E-state index contributed by atoms with van der Waals surface area (Å²) in [6, 6.07) is 4.53. The minimum Gasteiger partial charge on any atom is -0.383 e. The highest BCUT2D eigenvalue weighted by Crippen LogP contribution is 2.32. The van der Waals surface area contributed by atoms with Gasteiger partial charge in [0.25, 0.3) is 0 Å². The van der Waals surface area contributed by atoms with Crippen LogP contribution in [0.15, 0.2) is 24.5 Å². The van der Waals surface area contributed by atoms with Gasteiger partial charge in [0.2, 0.25) is 5.91 Å². The molecule has 27 heavy (non-hydrogen) atoms. The van der Waals surface area contributed by atoms with E-state index in [1.54, 1.807) is 7.11 Å². The standard InChI is InChI=1S/C22H37N3O2/c1-18(2)21(24-12-6-7-13-24)22(26)25(15-16-27-3)17-19-9-8-14-23-11-5-4-10-20(19)23/h6-7,12-13,18-21H,4-5,8-11,14-17H2,1-3H3/t19-,20+,21-/m0/s1. The van der Waals surface area contributed by atoms with Crippen molar-refractivity contribution in [2.24, 2.45) is 11.8 Å². The number of amides is 1. The first-order chi connectivity index (χ1) is 13.1. The van der Waals surface area contributed by atoms with E-state index in [1.165, 1.54) is 45.2 Å². The van der Waals surface area contributed by atoms with Crippen molar-refractivity contribution in [3.05, 3.63) is 24.5 Å². The molecule has 0 radical (unpaired) electrons. The van der Waals surface area contributed by atoms with Crippen LogP contribution in [0, 0.1) is 11.8 Å². The highest BCUT2D eigenvalue weighted by Gasteiger charge is 2.36. The highest BCUT2D eigenvalue weighted by molar-refractivity contribution is 5.80. The zero-order valence-corrected chi connectivity index (χ0v) is 17.3. The number of fused-ring (bicyclic) bond motifs is 1. The van der Waals surface area contributed by atoms with Crippen molar-refractivity contribution >= 4 is 5.91 Å². The molecule has 0 N–H and O–H groups in total. The molecule has 1 amide bonds. The monoisotopic (exact) mass is 375 g/mol. The second-order valence-corrected chi connectivity index (χ2v) is 8.60. The zero-order chi connectivity index (χ0) is 19.2. The Labute approximate surface area is 164 Å². The van der Waals surface area contributed by atoms with Gasteiger partial charge in [-0.3, -0.25) is 4.79 Å². The second-order valence-electron chi connectivity index (χ2n) is 8.60. The van der Waals surface area contributed by atoms with Crippen LogP contribution < -0.4 is 0 Å². The van der Waals surface area contributed by atoms with Crippen molar-refractivity contribution in [3.63, 3.8) is 0 Å². The van der Waals surface area contributed by atoms with Crippen molar-refractivity contribution in [1.82, 2.24) is 14.4 Å². The van der Waals surface area contributed by atoms with E-state index in [2.05, 4.69) is 28.2 Å². The van der Waals surface area contributed by atoms with Crippen LogP contribution in [0.3, 0.4) is 0 Å². The van der Waals surface area contributed by atoms with Crippen LogP contribution in [0.2, 0.25) is 0 Å². The molecule has 0 saturated carbocycles. The summed E-state index contributed by atoms with van der Waals surface area (Å²) in [5.74, 6) is 1.09. The molecule has 2 fully saturated rings. The van der Waals surface area contributed by atoms with Gasteiger partial charge >= 0.3 is 0 Å². The van der Waals surface area contributed by atoms with Crippen molar-refractivity contribution in [2.45, 2.75) is 58.0 Å². The van der Waals surface area contributed by atoms with Gasteiger partial charge in [-0.15, -0.1) is 0 Å². The number of methoxy groups -OCH3 is 1. The number of carbonyl (C=O) groups is 1. The maximum atomic E-state index is 13.6. The van der Waals surface area contributed by atoms with Crippen LogP contribution in [-0.2, 0) is 9.53 Å². The molecule has 1 aromatic heterocycles. The first-order valence-corrected chi connectivity index (χ1v) is 10.8. The summed E-state index contributed by atoms with van der Waals surface area (Å²) in [5.41, 5.74) is 0. The number of hydrogen-bond donors (Lipinski definition) is 0. The summed E-state index contributed by atoms with van der Waals surface area (Å²) in [4.78, 5) is 18.3. The minimum atomic E-state index is -0.136. The third kappa shape index (κ3) is 4.94. The molecule has 2 saturated heterocycles. The van der Waals surface area contributed by atoms with E-state index in [-0.39, 0.29) is 17.9 Å². The lowest BCUT2D eigenvalue weighted by Crippen LogP contribution is -2.52. The van der Waals surface area contributed by atoms with Gasteiger partial charge in [-0.05, 0) is 62.7 Å². The van der Waals surface area contributed by atoms with Gasteiger partial charge in [-0.25, -0.2) is 0 Å². The first kappa shape index (κ1) is 20.4. The van der Waals surface area contributed by atoms with E-state index in [4.69, 9.17) is 4.74 Å². The van der Waals surface area contributed by atoms with Gasteiger partial charge in [0.1, 0.15) is 6.04 Å². The Bertz CT molecular complexity index is 570. The van der Waals surface area contributed by atoms with Crippen LogP contribution in [-0.4, -0.2) is 66.2 Å². The number of ether oxygens (including phenoxy) is 1. The molecule has 1 aromatic rings. The molecule has 0 aromatic carbocycles. The van der Waals surface area contributed by atoms with Crippen LogP contribution in [0.1, 0.15) is 52.0 Å². The van der Waals surface area contributed by atoms with Crippen molar-refractivity contribution in [3.8, 4) is 0 Å². The summed E-state index contributed by atoms with van der Waals surface area (Å²) >= 11 is 0. The zero-order valence-electron chi connectivity index (χ0n) is 17.3. The summed E-state index contributed by atoms with van der Waals surface area (Å²) in [5, 5.41) is 0. The highest BCUT2D eigenvalue weighted by atomic mass is 16.5. The molecule has 152 valence electrons. The maximum Gasteiger partial charge on any atom is 0.245 e. The Morgan fingerprint density at radius 3 is 2.59 bits per heavy atom. The predicted molar refractivity (Wildman–Crippen MR) is 109 cm³/mol. The molecular weight excluding hydrogens is 338 g/mol. The Morgan fingerprint density at radius 2 is 1.89 bits per heavy atom. The molecule has 5 nitrogen and oxygen atoms in total. The minimum absolute atomic E-state index is 0.136. The van der Waals surface area contributed by atoms with Gasteiger partial charge in [0, 0.05) is 38.6 Å². The molecule has 0 spiro atoms. The molecular formula is C22H37N3O2. The number of aromatic nitrogens is 1. The first-order valence-electron chi connectivity index (χ1n) is 10.8. The van der Waals surface area contributed by atoms with Crippen LogP contribution in [0.4, 0.5) is 0 Å². The SMILES string of the molecule is COCCN(C[C@@H]1CCCN2CCCC[C@H]12)C(=O)[C@H](C(C)C)n1cccc1. The lowest BCUT2D eigenvalue weighted by atomic mass is 9.83. The van der Waals surface area contributed by atoms with E-state index in [9.17, 15) is 4.79 Å². The predicted octanol–water partition coefficient (Wildman–Crippen LogP) is 3.42. The smallest absolute Gasteiger partial charge is 0.245 e. The fourth-order valence-electron chi connectivity index (χ4n) is 5.04. The number of rotatable bonds is 8. The molecule has 3 rings (SSSR count). The molecule has 5 heteroatoms. The molecule has 2 aliphatic heterocycles. The van der Waals surface area contributed by atoms with Gasteiger partial charge < -0.3 is 19.1 Å². The van der Waals surface area contributed by atoms with Gasteiger partial charge in [0.05, 0.1) is 6.61 Å². The molecule has 0 bridgehead atoms. The maximum absolute atomic E-state index is 13.6. The van der Waals surface area contributed by atoms with Crippen LogP contribution in [0.5, 0.6) is 0 Å². The number of nitrogens with zero attached hydrogens (tertiary/aromatic N) is 3. The molecule has 2 aliphatic rings. The van der Waals surface area contributed by atoms with E-state index in [0.29, 0.717) is 25.1 Å². The largest absolute Gasteiger partial charge is 0.383 e. The summed E-state index contributed by atoms with van der Waals surface area (Å²) < 4.78 is 7.41. The molecule has 3 heterocycles. The van der Waals surface area contributed by atoms with Crippen molar-refractivity contribution < 1.29 is 9.53 Å². The van der Waals surface area contributed by atoms with E-state index in [1.807, 2.05) is 24.5 Å². The lowest BCUT2D eigenvalue weighted by molar-refractivity contribution is -0.138. The number of hydrogen-bond acceptors (Lipinski definition) is 3. The van der Waals surface area contributed by atoms with Gasteiger partial charge in [-0.1, -0.05) is 20.3 Å².